The van der Waals surface area contributed by atoms with Crippen LogP contribution >= 0.6 is 22.6 Å². The van der Waals surface area contributed by atoms with E-state index in [9.17, 15) is 4.79 Å². The minimum Gasteiger partial charge on any atom is -0.495 e. The van der Waals surface area contributed by atoms with Gasteiger partial charge in [-0.3, -0.25) is 0 Å². The van der Waals surface area contributed by atoms with Crippen LogP contribution in [0, 0.1) is 10.5 Å². The van der Waals surface area contributed by atoms with Gasteiger partial charge in [-0.1, -0.05) is 0 Å². The summed E-state index contributed by atoms with van der Waals surface area (Å²) in [6, 6.07) is 1.80. The SMILES string of the molecule is CCOC(=O)c1c(C)cc(OC)c(I)c1OC. The largest absolute Gasteiger partial charge is 0.495 e. The summed E-state index contributed by atoms with van der Waals surface area (Å²) in [5, 5.41) is 0. The molecule has 5 heteroatoms. The molecule has 0 heterocycles. The Morgan fingerprint density at radius 1 is 1.35 bits per heavy atom. The van der Waals surface area contributed by atoms with Crippen molar-refractivity contribution in [3.05, 3.63) is 20.8 Å². The molecule has 0 saturated carbocycles. The first-order valence-corrected chi connectivity index (χ1v) is 6.22. The van der Waals surface area contributed by atoms with E-state index >= 15 is 0 Å². The van der Waals surface area contributed by atoms with Gasteiger partial charge in [0, 0.05) is 0 Å². The van der Waals surface area contributed by atoms with Crippen molar-refractivity contribution in [2.45, 2.75) is 13.8 Å². The number of carbonyl (C=O) groups excluding carboxylic acids is 1. The molecular formula is C12H15IO4. The second kappa shape index (κ2) is 6.09. The Labute approximate surface area is 114 Å². The number of benzene rings is 1. The fraction of sp³-hybridized carbons (Fsp3) is 0.417. The predicted octanol–water partition coefficient (Wildman–Crippen LogP) is 2.79. The lowest BCUT2D eigenvalue weighted by atomic mass is 10.1. The molecule has 0 N–H and O–H groups in total. The van der Waals surface area contributed by atoms with Crippen LogP contribution in [-0.4, -0.2) is 26.8 Å². The van der Waals surface area contributed by atoms with Gasteiger partial charge in [0.25, 0.3) is 0 Å². The fourth-order valence-corrected chi connectivity index (χ4v) is 2.40. The summed E-state index contributed by atoms with van der Waals surface area (Å²) >= 11 is 2.09. The highest BCUT2D eigenvalue weighted by Gasteiger charge is 2.22. The number of hydrogen-bond donors (Lipinski definition) is 0. The zero-order valence-electron chi connectivity index (χ0n) is 10.3. The Morgan fingerprint density at radius 2 is 2.00 bits per heavy atom. The zero-order valence-corrected chi connectivity index (χ0v) is 12.5. The summed E-state index contributed by atoms with van der Waals surface area (Å²) in [5.41, 5.74) is 1.23. The minimum atomic E-state index is -0.373. The smallest absolute Gasteiger partial charge is 0.342 e. The first-order valence-electron chi connectivity index (χ1n) is 5.15. The third-order valence-corrected chi connectivity index (χ3v) is 3.31. The van der Waals surface area contributed by atoms with Crippen LogP contribution in [0.1, 0.15) is 22.8 Å². The molecule has 0 radical (unpaired) electrons. The van der Waals surface area contributed by atoms with Gasteiger partial charge in [-0.15, -0.1) is 0 Å². The second-order valence-corrected chi connectivity index (χ2v) is 4.42. The highest BCUT2D eigenvalue weighted by molar-refractivity contribution is 14.1. The summed E-state index contributed by atoms with van der Waals surface area (Å²) in [5.74, 6) is 0.816. The van der Waals surface area contributed by atoms with E-state index in [2.05, 4.69) is 22.6 Å². The highest BCUT2D eigenvalue weighted by atomic mass is 127. The molecule has 0 unspecified atom stereocenters. The summed E-state index contributed by atoms with van der Waals surface area (Å²) in [6.07, 6.45) is 0. The van der Waals surface area contributed by atoms with Gasteiger partial charge in [-0.2, -0.15) is 0 Å². The van der Waals surface area contributed by atoms with E-state index in [0.29, 0.717) is 23.7 Å². The number of aryl methyl sites for hydroxylation is 1. The number of ether oxygens (including phenoxy) is 3. The van der Waals surface area contributed by atoms with E-state index in [1.807, 2.05) is 6.92 Å². The molecule has 0 fully saturated rings. The molecule has 94 valence electrons. The molecule has 4 nitrogen and oxygen atoms in total. The van der Waals surface area contributed by atoms with Crippen LogP contribution in [0.15, 0.2) is 6.07 Å². The summed E-state index contributed by atoms with van der Waals surface area (Å²) in [6.45, 7) is 3.94. The number of halogens is 1. The Balaban J connectivity index is 3.38. The normalized spacial score (nSPS) is 9.94. The van der Waals surface area contributed by atoms with Crippen molar-refractivity contribution in [2.24, 2.45) is 0 Å². The number of carbonyl (C=O) groups is 1. The second-order valence-electron chi connectivity index (χ2n) is 3.34. The number of methoxy groups -OCH3 is 2. The van der Waals surface area contributed by atoms with Crippen molar-refractivity contribution in [2.75, 3.05) is 20.8 Å². The van der Waals surface area contributed by atoms with Gasteiger partial charge in [0.1, 0.15) is 11.3 Å². The van der Waals surface area contributed by atoms with Crippen LogP contribution in [0.25, 0.3) is 0 Å². The molecule has 0 bridgehead atoms. The maximum atomic E-state index is 11.9. The molecule has 0 saturated heterocycles. The molecule has 0 amide bonds. The summed E-state index contributed by atoms with van der Waals surface area (Å²) in [4.78, 5) is 11.9. The first-order chi connectivity index (χ1) is 8.06. The Kier molecular flexibility index (Phi) is 5.04. The topological polar surface area (TPSA) is 44.8 Å². The van der Waals surface area contributed by atoms with Gasteiger partial charge >= 0.3 is 5.97 Å². The molecule has 0 spiro atoms. The molecule has 17 heavy (non-hydrogen) atoms. The van der Waals surface area contributed by atoms with Crippen molar-refractivity contribution >= 4 is 28.6 Å². The molecule has 0 aromatic heterocycles. The first kappa shape index (κ1) is 14.1. The highest BCUT2D eigenvalue weighted by Crippen LogP contribution is 2.36. The average Bonchev–Trinajstić information content (AvgIpc) is 2.31. The van der Waals surface area contributed by atoms with Crippen molar-refractivity contribution in [1.29, 1.82) is 0 Å². The van der Waals surface area contributed by atoms with Gasteiger partial charge in [0.05, 0.1) is 24.4 Å². The van der Waals surface area contributed by atoms with Crippen molar-refractivity contribution < 1.29 is 19.0 Å². The fourth-order valence-electron chi connectivity index (χ4n) is 1.53. The Hall–Kier alpha value is -0.980. The molecule has 0 aliphatic heterocycles. The van der Waals surface area contributed by atoms with Crippen molar-refractivity contribution in [1.82, 2.24) is 0 Å². The molecule has 1 rings (SSSR count). The van der Waals surface area contributed by atoms with Crippen molar-refractivity contribution in [3.63, 3.8) is 0 Å². The maximum Gasteiger partial charge on any atom is 0.342 e. The van der Waals surface area contributed by atoms with Crippen LogP contribution in [0.5, 0.6) is 11.5 Å². The van der Waals surface area contributed by atoms with E-state index in [-0.39, 0.29) is 5.97 Å². The van der Waals surface area contributed by atoms with E-state index < -0.39 is 0 Å². The molecule has 0 aliphatic rings. The molecule has 0 atom stereocenters. The number of esters is 1. The lowest BCUT2D eigenvalue weighted by Gasteiger charge is -2.15. The van der Waals surface area contributed by atoms with Crippen LogP contribution in [0.2, 0.25) is 0 Å². The van der Waals surface area contributed by atoms with E-state index in [0.717, 1.165) is 9.13 Å². The van der Waals surface area contributed by atoms with Crippen LogP contribution in [-0.2, 0) is 4.74 Å². The minimum absolute atomic E-state index is 0.337. The average molecular weight is 350 g/mol. The van der Waals surface area contributed by atoms with Gasteiger partial charge < -0.3 is 14.2 Å². The van der Waals surface area contributed by atoms with E-state index in [1.165, 1.54) is 7.11 Å². The van der Waals surface area contributed by atoms with Gasteiger partial charge in [0.15, 0.2) is 5.75 Å². The summed E-state index contributed by atoms with van der Waals surface area (Å²) in [7, 11) is 3.11. The number of hydrogen-bond acceptors (Lipinski definition) is 4. The molecule has 1 aromatic rings. The monoisotopic (exact) mass is 350 g/mol. The van der Waals surface area contributed by atoms with Gasteiger partial charge in [-0.05, 0) is 48.1 Å². The van der Waals surface area contributed by atoms with Crippen LogP contribution < -0.4 is 9.47 Å². The van der Waals surface area contributed by atoms with Crippen LogP contribution in [0.3, 0.4) is 0 Å². The van der Waals surface area contributed by atoms with Gasteiger partial charge in [0.2, 0.25) is 0 Å². The lowest BCUT2D eigenvalue weighted by Crippen LogP contribution is -2.10. The van der Waals surface area contributed by atoms with E-state index in [4.69, 9.17) is 14.2 Å². The standard InChI is InChI=1S/C12H15IO4/c1-5-17-12(14)9-7(2)6-8(15-3)10(13)11(9)16-4/h6H,5H2,1-4H3. The molecule has 0 aliphatic carbocycles. The maximum absolute atomic E-state index is 11.9. The third-order valence-electron chi connectivity index (χ3n) is 2.29. The van der Waals surface area contributed by atoms with E-state index in [1.54, 1.807) is 20.1 Å². The van der Waals surface area contributed by atoms with Crippen molar-refractivity contribution in [3.8, 4) is 11.5 Å². The molecular weight excluding hydrogens is 335 g/mol. The molecule has 1 aromatic carbocycles. The third kappa shape index (κ3) is 2.83. The summed E-state index contributed by atoms with van der Waals surface area (Å²) < 4.78 is 16.3. The van der Waals surface area contributed by atoms with Crippen LogP contribution in [0.4, 0.5) is 0 Å². The predicted molar refractivity (Wildman–Crippen MR) is 73.0 cm³/mol. The zero-order chi connectivity index (χ0) is 13.0. The van der Waals surface area contributed by atoms with Gasteiger partial charge in [-0.25, -0.2) is 4.79 Å². The Morgan fingerprint density at radius 3 is 2.47 bits per heavy atom. The number of rotatable bonds is 4. The lowest BCUT2D eigenvalue weighted by molar-refractivity contribution is 0.0521. The Bertz CT molecular complexity index is 429. The quantitative estimate of drug-likeness (QED) is 0.619.